The molecule has 0 bridgehead atoms. The second-order valence-electron chi connectivity index (χ2n) is 4.37. The molecule has 2 N–H and O–H groups in total. The van der Waals surface area contributed by atoms with Gasteiger partial charge in [0.1, 0.15) is 5.82 Å². The Balaban J connectivity index is 2.41. The predicted octanol–water partition coefficient (Wildman–Crippen LogP) is 0.638. The summed E-state index contributed by atoms with van der Waals surface area (Å²) in [6.45, 7) is 3.28. The lowest BCUT2D eigenvalue weighted by molar-refractivity contribution is -0.137. The van der Waals surface area contributed by atoms with Gasteiger partial charge in [0, 0.05) is 19.2 Å². The summed E-state index contributed by atoms with van der Waals surface area (Å²) < 4.78 is 1.73. The van der Waals surface area contributed by atoms with Crippen LogP contribution < -0.4 is 5.32 Å². The lowest BCUT2D eigenvalue weighted by Gasteiger charge is -2.15. The topological polar surface area (TPSA) is 87.5 Å². The minimum Gasteiger partial charge on any atom is -0.481 e. The lowest BCUT2D eigenvalue weighted by atomic mass is 10.4. The van der Waals surface area contributed by atoms with E-state index in [1.807, 2.05) is 6.92 Å². The van der Waals surface area contributed by atoms with Crippen molar-refractivity contribution in [1.82, 2.24) is 14.7 Å². The maximum atomic E-state index is 11.8. The van der Waals surface area contributed by atoms with Gasteiger partial charge >= 0.3 is 5.97 Å². The summed E-state index contributed by atoms with van der Waals surface area (Å²) in [6.07, 6.45) is 2.60. The van der Waals surface area contributed by atoms with Crippen LogP contribution in [0.3, 0.4) is 0 Å². The van der Waals surface area contributed by atoms with Gasteiger partial charge in [-0.3, -0.25) is 14.5 Å². The molecule has 0 radical (unpaired) electrons. The van der Waals surface area contributed by atoms with Gasteiger partial charge in [0.15, 0.2) is 0 Å². The number of amides is 1. The van der Waals surface area contributed by atoms with Gasteiger partial charge in [0.2, 0.25) is 5.91 Å². The van der Waals surface area contributed by atoms with E-state index in [1.165, 1.54) is 0 Å². The van der Waals surface area contributed by atoms with E-state index >= 15 is 0 Å². The third-order valence-corrected chi connectivity index (χ3v) is 2.54. The second-order valence-corrected chi connectivity index (χ2v) is 4.37. The molecule has 0 fully saturated rings. The molecule has 1 heterocycles. The number of hydrogen-bond donors (Lipinski definition) is 2. The van der Waals surface area contributed by atoms with Gasteiger partial charge in [-0.2, -0.15) is 5.10 Å². The molecule has 0 saturated heterocycles. The number of aryl methyl sites for hydroxylation is 1. The second kappa shape index (κ2) is 7.52. The molecule has 1 rings (SSSR count). The molecule has 1 amide bonds. The molecule has 1 aromatic rings. The number of nitrogens with zero attached hydrogens (tertiary/aromatic N) is 3. The highest BCUT2D eigenvalue weighted by Gasteiger charge is 2.10. The number of rotatable bonds is 8. The quantitative estimate of drug-likeness (QED) is 0.722. The number of carbonyl (C=O) groups is 2. The molecule has 0 aliphatic heterocycles. The molecule has 0 aliphatic rings. The number of anilines is 1. The number of nitrogens with one attached hydrogen (secondary N) is 1. The molecule has 0 saturated carbocycles. The Morgan fingerprint density at radius 2 is 2.26 bits per heavy atom. The standard InChI is InChI=1S/C12H20N4O3/c1-3-7-16-10(4-6-13-16)14-11(17)9-15(2)8-5-12(18)19/h4,6H,3,5,7-9H2,1-2H3,(H,14,17)(H,18,19). The van der Waals surface area contributed by atoms with Crippen molar-refractivity contribution < 1.29 is 14.7 Å². The number of likely N-dealkylation sites (N-methyl/N-ethyl adjacent to an activating group) is 1. The van der Waals surface area contributed by atoms with Crippen LogP contribution in [0.4, 0.5) is 5.82 Å². The zero-order chi connectivity index (χ0) is 14.3. The zero-order valence-corrected chi connectivity index (χ0v) is 11.3. The monoisotopic (exact) mass is 268 g/mol. The van der Waals surface area contributed by atoms with E-state index < -0.39 is 5.97 Å². The first-order valence-electron chi connectivity index (χ1n) is 6.25. The van der Waals surface area contributed by atoms with Crippen LogP contribution in [0, 0.1) is 0 Å². The van der Waals surface area contributed by atoms with E-state index in [-0.39, 0.29) is 18.9 Å². The van der Waals surface area contributed by atoms with Crippen molar-refractivity contribution in [3.63, 3.8) is 0 Å². The van der Waals surface area contributed by atoms with E-state index in [1.54, 1.807) is 28.9 Å². The fourth-order valence-corrected chi connectivity index (χ4v) is 1.62. The Labute approximate surface area is 112 Å². The first kappa shape index (κ1) is 15.2. The molecule has 19 heavy (non-hydrogen) atoms. The lowest BCUT2D eigenvalue weighted by Crippen LogP contribution is -2.32. The van der Waals surface area contributed by atoms with Crippen LogP contribution in [0.25, 0.3) is 0 Å². The minimum absolute atomic E-state index is 0.0253. The van der Waals surface area contributed by atoms with Crippen LogP contribution in [0.2, 0.25) is 0 Å². The molecule has 0 aromatic carbocycles. The molecule has 7 heteroatoms. The molecule has 0 unspecified atom stereocenters. The Hall–Kier alpha value is -1.89. The van der Waals surface area contributed by atoms with Gasteiger partial charge in [-0.25, -0.2) is 4.68 Å². The molecule has 106 valence electrons. The number of aromatic nitrogens is 2. The maximum Gasteiger partial charge on any atom is 0.304 e. The molecule has 0 spiro atoms. The highest BCUT2D eigenvalue weighted by molar-refractivity contribution is 5.91. The van der Waals surface area contributed by atoms with E-state index in [9.17, 15) is 9.59 Å². The summed E-state index contributed by atoms with van der Waals surface area (Å²) in [7, 11) is 1.71. The number of carbonyl (C=O) groups excluding carboxylic acids is 1. The Bertz CT molecular complexity index is 430. The highest BCUT2D eigenvalue weighted by Crippen LogP contribution is 2.06. The highest BCUT2D eigenvalue weighted by atomic mass is 16.4. The van der Waals surface area contributed by atoms with Crippen molar-refractivity contribution >= 4 is 17.7 Å². The first-order valence-corrected chi connectivity index (χ1v) is 6.25. The van der Waals surface area contributed by atoms with Gasteiger partial charge in [0.25, 0.3) is 0 Å². The SMILES string of the molecule is CCCn1nccc1NC(=O)CN(C)CCC(=O)O. The average molecular weight is 268 g/mol. The molecule has 7 nitrogen and oxygen atoms in total. The Kier molecular flexibility index (Phi) is 6.01. The third-order valence-electron chi connectivity index (χ3n) is 2.54. The van der Waals surface area contributed by atoms with Crippen LogP contribution in [-0.2, 0) is 16.1 Å². The Morgan fingerprint density at radius 1 is 1.53 bits per heavy atom. The first-order chi connectivity index (χ1) is 9.02. The molecule has 1 aromatic heterocycles. The van der Waals surface area contributed by atoms with E-state index in [0.717, 1.165) is 13.0 Å². The van der Waals surface area contributed by atoms with Crippen LogP contribution >= 0.6 is 0 Å². The number of carboxylic acids is 1. The summed E-state index contributed by atoms with van der Waals surface area (Å²) in [5.74, 6) is -0.377. The third kappa shape index (κ3) is 5.52. The van der Waals surface area contributed by atoms with Crippen LogP contribution in [0.15, 0.2) is 12.3 Å². The van der Waals surface area contributed by atoms with Gasteiger partial charge in [0.05, 0.1) is 19.2 Å². The van der Waals surface area contributed by atoms with Crippen LogP contribution in [0.5, 0.6) is 0 Å². The van der Waals surface area contributed by atoms with E-state index in [4.69, 9.17) is 5.11 Å². The fourth-order valence-electron chi connectivity index (χ4n) is 1.62. The summed E-state index contributed by atoms with van der Waals surface area (Å²) in [6, 6.07) is 1.74. The number of hydrogen-bond acceptors (Lipinski definition) is 4. The van der Waals surface area contributed by atoms with Crippen molar-refractivity contribution in [3.05, 3.63) is 12.3 Å². The van der Waals surface area contributed by atoms with Gasteiger partial charge < -0.3 is 10.4 Å². The van der Waals surface area contributed by atoms with Crippen LogP contribution in [-0.4, -0.2) is 51.8 Å². The largest absolute Gasteiger partial charge is 0.481 e. The summed E-state index contributed by atoms with van der Waals surface area (Å²) in [4.78, 5) is 23.9. The predicted molar refractivity (Wildman–Crippen MR) is 70.9 cm³/mol. The number of carboxylic acid groups (broad SMARTS) is 1. The molecular weight excluding hydrogens is 248 g/mol. The van der Waals surface area contributed by atoms with Crippen molar-refractivity contribution in [2.45, 2.75) is 26.3 Å². The number of aliphatic carboxylic acids is 1. The molecule has 0 aliphatic carbocycles. The zero-order valence-electron chi connectivity index (χ0n) is 11.3. The maximum absolute atomic E-state index is 11.8. The molecule has 0 atom stereocenters. The van der Waals surface area contributed by atoms with Crippen molar-refractivity contribution in [3.8, 4) is 0 Å². The van der Waals surface area contributed by atoms with Gasteiger partial charge in [-0.1, -0.05) is 6.92 Å². The molecular formula is C12H20N4O3. The van der Waals surface area contributed by atoms with E-state index in [2.05, 4.69) is 10.4 Å². The van der Waals surface area contributed by atoms with Gasteiger partial charge in [-0.15, -0.1) is 0 Å². The fraction of sp³-hybridized carbons (Fsp3) is 0.583. The summed E-state index contributed by atoms with van der Waals surface area (Å²) in [5.41, 5.74) is 0. The van der Waals surface area contributed by atoms with Crippen LogP contribution in [0.1, 0.15) is 19.8 Å². The smallest absolute Gasteiger partial charge is 0.304 e. The van der Waals surface area contributed by atoms with Crippen molar-refractivity contribution in [2.75, 3.05) is 25.5 Å². The summed E-state index contributed by atoms with van der Waals surface area (Å²) in [5, 5.41) is 15.4. The normalized spacial score (nSPS) is 10.7. The Morgan fingerprint density at radius 3 is 2.89 bits per heavy atom. The van der Waals surface area contributed by atoms with E-state index in [0.29, 0.717) is 12.4 Å². The van der Waals surface area contributed by atoms with Crippen molar-refractivity contribution in [1.29, 1.82) is 0 Å². The minimum atomic E-state index is -0.867. The van der Waals surface area contributed by atoms with Gasteiger partial charge in [-0.05, 0) is 13.5 Å². The summed E-state index contributed by atoms with van der Waals surface area (Å²) >= 11 is 0. The average Bonchev–Trinajstić information content (AvgIpc) is 2.74. The van der Waals surface area contributed by atoms with Crippen molar-refractivity contribution in [2.24, 2.45) is 0 Å².